The van der Waals surface area contributed by atoms with Gasteiger partial charge in [0.2, 0.25) is 0 Å². The van der Waals surface area contributed by atoms with E-state index in [9.17, 15) is 14.3 Å². The van der Waals surface area contributed by atoms with Crippen LogP contribution in [0.1, 0.15) is 142 Å². The van der Waals surface area contributed by atoms with Crippen molar-refractivity contribution in [1.29, 1.82) is 0 Å². The molecule has 326 valence electrons. The van der Waals surface area contributed by atoms with Crippen LogP contribution in [0.5, 0.6) is 0 Å². The molecule has 0 amide bonds. The summed E-state index contributed by atoms with van der Waals surface area (Å²) < 4.78 is 34.5. The van der Waals surface area contributed by atoms with Gasteiger partial charge in [-0.05, 0) is 89.9 Å². The number of phosphoric ester groups is 1. The van der Waals surface area contributed by atoms with E-state index in [0.717, 1.165) is 89.9 Å². The van der Waals surface area contributed by atoms with Crippen molar-refractivity contribution in [3.63, 3.8) is 0 Å². The maximum Gasteiger partial charge on any atom is 0.306 e. The number of quaternary nitrogens is 1. The van der Waals surface area contributed by atoms with Gasteiger partial charge >= 0.3 is 5.97 Å². The predicted molar refractivity (Wildman–Crippen MR) is 240 cm³/mol. The molecule has 0 saturated heterocycles. The Morgan fingerprint density at radius 3 is 1.44 bits per heavy atom. The van der Waals surface area contributed by atoms with E-state index in [0.29, 0.717) is 24.1 Å². The summed E-state index contributed by atoms with van der Waals surface area (Å²) in [6.45, 7) is 5.06. The summed E-state index contributed by atoms with van der Waals surface area (Å²) in [6, 6.07) is 0. The molecule has 57 heavy (non-hydrogen) atoms. The van der Waals surface area contributed by atoms with E-state index in [1.807, 2.05) is 21.1 Å². The van der Waals surface area contributed by atoms with Crippen LogP contribution in [0.2, 0.25) is 0 Å². The first-order chi connectivity index (χ1) is 27.6. The highest BCUT2D eigenvalue weighted by Crippen LogP contribution is 2.38. The summed E-state index contributed by atoms with van der Waals surface area (Å²) in [5.74, 6) is -0.383. The molecular weight excluding hydrogens is 734 g/mol. The monoisotopic (exact) mass is 816 g/mol. The Morgan fingerprint density at radius 1 is 0.544 bits per heavy atom. The van der Waals surface area contributed by atoms with Crippen LogP contribution in [-0.2, 0) is 27.9 Å². The van der Waals surface area contributed by atoms with Gasteiger partial charge in [-0.3, -0.25) is 9.36 Å². The first-order valence-corrected chi connectivity index (χ1v) is 23.4. The van der Waals surface area contributed by atoms with E-state index in [-0.39, 0.29) is 32.2 Å². The third-order valence-corrected chi connectivity index (χ3v) is 9.59. The molecule has 0 N–H and O–H groups in total. The minimum Gasteiger partial charge on any atom is -0.756 e. The first kappa shape index (κ1) is 54.4. The number of phosphoric acid groups is 1. The standard InChI is InChI=1S/C48H82NO7P/c1-6-8-10-12-14-16-18-20-22-23-24-25-26-28-30-32-34-36-38-40-43-53-45-47(46-55-57(51,52)54-44-42-49(3,4)5)56-48(50)41-39-37-35-33-31-29-27-21-19-17-15-13-11-9-7-2/h8-11,14-17,20-22,24-25,27,31,33,47H,6-7,12-13,18-19,23,26,28-30,32,34-46H2,1-5H3/b10-8-,11-9-,16-14-,17-15-,22-20-,25-24-,27-21-,33-31-. The van der Waals surface area contributed by atoms with Crippen LogP contribution in [0, 0.1) is 0 Å². The molecule has 0 rings (SSSR count). The highest BCUT2D eigenvalue weighted by molar-refractivity contribution is 7.45. The van der Waals surface area contributed by atoms with Crippen molar-refractivity contribution in [1.82, 2.24) is 0 Å². The zero-order valence-corrected chi connectivity index (χ0v) is 37.6. The summed E-state index contributed by atoms with van der Waals surface area (Å²) in [7, 11) is 1.30. The van der Waals surface area contributed by atoms with Crippen LogP contribution in [-0.4, -0.2) is 70.7 Å². The molecule has 0 aromatic carbocycles. The molecule has 0 fully saturated rings. The Labute approximate surface area is 349 Å². The number of hydrogen-bond donors (Lipinski definition) is 0. The molecule has 0 bridgehead atoms. The normalized spacial score (nSPS) is 14.7. The number of ether oxygens (including phenoxy) is 2. The number of nitrogens with zero attached hydrogens (tertiary/aromatic N) is 1. The molecule has 0 aliphatic rings. The molecule has 2 atom stereocenters. The van der Waals surface area contributed by atoms with E-state index in [1.165, 1.54) is 25.7 Å². The van der Waals surface area contributed by atoms with Gasteiger partial charge in [0.15, 0.2) is 0 Å². The van der Waals surface area contributed by atoms with Crippen molar-refractivity contribution in [3.05, 3.63) is 97.2 Å². The van der Waals surface area contributed by atoms with Crippen LogP contribution < -0.4 is 4.89 Å². The first-order valence-electron chi connectivity index (χ1n) is 22.0. The Morgan fingerprint density at radius 2 is 0.965 bits per heavy atom. The number of rotatable bonds is 39. The molecule has 0 aliphatic heterocycles. The number of carbonyl (C=O) groups excluding carboxylic acids is 1. The average molecular weight is 816 g/mol. The molecule has 0 radical (unpaired) electrons. The maximum atomic E-state index is 12.7. The zero-order chi connectivity index (χ0) is 42.0. The molecule has 0 aliphatic carbocycles. The highest BCUT2D eigenvalue weighted by atomic mass is 31.2. The SMILES string of the molecule is CC/C=C\C/C=C\C/C=C\C/C=C\CCCCCCCCCOCC(COP(=O)([O-])OCC[N+](C)(C)C)OC(=O)CCCC/C=C\C/C=C\C/C=C\C/C=C\CC. The number of unbranched alkanes of at least 4 members (excludes halogenated alkanes) is 9. The smallest absolute Gasteiger partial charge is 0.306 e. The van der Waals surface area contributed by atoms with E-state index in [4.69, 9.17) is 18.5 Å². The number of allylic oxidation sites excluding steroid dienone is 16. The lowest BCUT2D eigenvalue weighted by Crippen LogP contribution is -2.37. The zero-order valence-electron chi connectivity index (χ0n) is 36.7. The number of hydrogen-bond acceptors (Lipinski definition) is 7. The summed E-state index contributed by atoms with van der Waals surface area (Å²) in [5, 5.41) is 0. The van der Waals surface area contributed by atoms with E-state index >= 15 is 0 Å². The van der Waals surface area contributed by atoms with Crippen molar-refractivity contribution in [2.45, 2.75) is 148 Å². The topological polar surface area (TPSA) is 94.1 Å². The van der Waals surface area contributed by atoms with Gasteiger partial charge in [0.05, 0.1) is 34.4 Å². The van der Waals surface area contributed by atoms with Gasteiger partial charge in [-0.1, -0.05) is 143 Å². The van der Waals surface area contributed by atoms with Crippen molar-refractivity contribution < 1.29 is 37.3 Å². The van der Waals surface area contributed by atoms with Crippen molar-refractivity contribution >= 4 is 13.8 Å². The summed E-state index contributed by atoms with van der Waals surface area (Å²) in [4.78, 5) is 25.0. The third kappa shape index (κ3) is 44.4. The van der Waals surface area contributed by atoms with Crippen LogP contribution in [0.25, 0.3) is 0 Å². The van der Waals surface area contributed by atoms with E-state index in [1.54, 1.807) is 0 Å². The van der Waals surface area contributed by atoms with Gasteiger partial charge in [0, 0.05) is 13.0 Å². The van der Waals surface area contributed by atoms with Crippen LogP contribution in [0.15, 0.2) is 97.2 Å². The third-order valence-electron chi connectivity index (χ3n) is 8.63. The fraction of sp³-hybridized carbons (Fsp3) is 0.646. The summed E-state index contributed by atoms with van der Waals surface area (Å²) >= 11 is 0. The molecule has 0 spiro atoms. The van der Waals surface area contributed by atoms with Crippen molar-refractivity contribution in [2.75, 3.05) is 54.1 Å². The molecule has 0 aromatic heterocycles. The molecule has 0 saturated carbocycles. The Hall–Kier alpha value is -2.58. The second kappa shape index (κ2) is 40.2. The second-order valence-electron chi connectivity index (χ2n) is 15.3. The number of carbonyl (C=O) groups is 1. The molecular formula is C48H82NO7P. The Bertz CT molecular complexity index is 1230. The summed E-state index contributed by atoms with van der Waals surface area (Å²) in [6.07, 6.45) is 54.3. The quantitative estimate of drug-likeness (QED) is 0.0200. The summed E-state index contributed by atoms with van der Waals surface area (Å²) in [5.41, 5.74) is 0. The number of likely N-dealkylation sites (N-methyl/N-ethyl adjacent to an activating group) is 1. The molecule has 8 nitrogen and oxygen atoms in total. The Balaban J connectivity index is 4.33. The maximum absolute atomic E-state index is 12.7. The number of esters is 1. The van der Waals surface area contributed by atoms with Crippen LogP contribution in [0.3, 0.4) is 0 Å². The van der Waals surface area contributed by atoms with Gasteiger partial charge in [-0.25, -0.2) is 0 Å². The van der Waals surface area contributed by atoms with E-state index < -0.39 is 13.9 Å². The minimum absolute atomic E-state index is 0.00972. The molecule has 2 unspecified atom stereocenters. The lowest BCUT2D eigenvalue weighted by atomic mass is 10.1. The highest BCUT2D eigenvalue weighted by Gasteiger charge is 2.20. The van der Waals surface area contributed by atoms with Crippen LogP contribution in [0.4, 0.5) is 0 Å². The minimum atomic E-state index is -4.55. The van der Waals surface area contributed by atoms with Crippen LogP contribution >= 0.6 is 7.82 Å². The van der Waals surface area contributed by atoms with Gasteiger partial charge in [0.1, 0.15) is 19.3 Å². The second-order valence-corrected chi connectivity index (χ2v) is 16.7. The van der Waals surface area contributed by atoms with E-state index in [2.05, 4.69) is 111 Å². The van der Waals surface area contributed by atoms with Gasteiger partial charge in [-0.2, -0.15) is 0 Å². The average Bonchev–Trinajstić information content (AvgIpc) is 3.16. The molecule has 0 heterocycles. The molecule has 9 heteroatoms. The largest absolute Gasteiger partial charge is 0.756 e. The predicted octanol–water partition coefficient (Wildman–Crippen LogP) is 12.4. The van der Waals surface area contributed by atoms with Crippen molar-refractivity contribution in [3.8, 4) is 0 Å². The lowest BCUT2D eigenvalue weighted by Gasteiger charge is -2.28. The van der Waals surface area contributed by atoms with Gasteiger partial charge in [-0.15, -0.1) is 0 Å². The lowest BCUT2D eigenvalue weighted by molar-refractivity contribution is -0.870. The Kier molecular flexibility index (Phi) is 38.4. The fourth-order valence-corrected chi connectivity index (χ4v) is 6.02. The fourth-order valence-electron chi connectivity index (χ4n) is 5.29. The van der Waals surface area contributed by atoms with Crippen molar-refractivity contribution in [2.24, 2.45) is 0 Å². The van der Waals surface area contributed by atoms with Gasteiger partial charge in [0.25, 0.3) is 7.82 Å². The molecule has 0 aromatic rings. The van der Waals surface area contributed by atoms with Gasteiger partial charge < -0.3 is 27.9 Å².